The number of halogens is 1. The van der Waals surface area contributed by atoms with E-state index in [4.69, 9.17) is 4.74 Å². The van der Waals surface area contributed by atoms with Gasteiger partial charge in [0.05, 0.1) is 6.54 Å². The third kappa shape index (κ3) is 2.34. The van der Waals surface area contributed by atoms with Gasteiger partial charge in [0.15, 0.2) is 5.60 Å². The first-order valence-corrected chi connectivity index (χ1v) is 8.46. The second-order valence-electron chi connectivity index (χ2n) is 7.01. The Balaban J connectivity index is 0.00000168. The topological polar surface area (TPSA) is 87.7 Å². The molecule has 0 saturated carbocycles. The van der Waals surface area contributed by atoms with Gasteiger partial charge in [-0.25, -0.2) is 0 Å². The van der Waals surface area contributed by atoms with Crippen LogP contribution in [0.15, 0.2) is 18.2 Å². The molecule has 4 heterocycles. The zero-order valence-electron chi connectivity index (χ0n) is 13.9. The van der Waals surface area contributed by atoms with Crippen molar-refractivity contribution in [2.24, 2.45) is 0 Å². The Kier molecular flexibility index (Phi) is 3.82. The van der Waals surface area contributed by atoms with Crippen LogP contribution in [0.5, 0.6) is 5.75 Å². The molecular weight excluding hydrogens is 358 g/mol. The summed E-state index contributed by atoms with van der Waals surface area (Å²) >= 11 is 0. The Morgan fingerprint density at radius 2 is 2.00 bits per heavy atom. The molecule has 7 nitrogen and oxygen atoms in total. The van der Waals surface area contributed by atoms with E-state index in [1.54, 1.807) is 11.0 Å². The molecule has 1 atom stereocenters. The lowest BCUT2D eigenvalue weighted by Crippen LogP contribution is -2.62. The number of nitrogens with zero attached hydrogens (tertiary/aromatic N) is 1. The van der Waals surface area contributed by atoms with E-state index in [2.05, 4.69) is 16.7 Å². The van der Waals surface area contributed by atoms with E-state index >= 15 is 0 Å². The number of rotatable bonds is 1. The minimum atomic E-state index is -0.605. The number of amides is 3. The minimum absolute atomic E-state index is 0. The highest BCUT2D eigenvalue weighted by Crippen LogP contribution is 2.41. The quantitative estimate of drug-likeness (QED) is 0.702. The van der Waals surface area contributed by atoms with Crippen LogP contribution >= 0.6 is 12.4 Å². The Hall–Kier alpha value is -2.38. The summed E-state index contributed by atoms with van der Waals surface area (Å²) in [5.41, 5.74) is 2.05. The predicted octanol–water partition coefficient (Wildman–Crippen LogP) is 0.617. The van der Waals surface area contributed by atoms with Crippen molar-refractivity contribution in [3.05, 3.63) is 34.9 Å². The maximum atomic E-state index is 12.8. The smallest absolute Gasteiger partial charge is 0.255 e. The number of piperidine rings is 1. The molecule has 4 aliphatic rings. The maximum Gasteiger partial charge on any atom is 0.255 e. The lowest BCUT2D eigenvalue weighted by Gasteiger charge is -2.43. The summed E-state index contributed by atoms with van der Waals surface area (Å²) in [7, 11) is 0. The van der Waals surface area contributed by atoms with Gasteiger partial charge in [0.1, 0.15) is 11.8 Å². The van der Waals surface area contributed by atoms with Crippen LogP contribution in [0.3, 0.4) is 0 Å². The van der Waals surface area contributed by atoms with Crippen LogP contribution in [0.4, 0.5) is 0 Å². The molecule has 1 aromatic rings. The van der Waals surface area contributed by atoms with E-state index in [-0.39, 0.29) is 36.2 Å². The predicted molar refractivity (Wildman–Crippen MR) is 95.0 cm³/mol. The monoisotopic (exact) mass is 375 g/mol. The molecular formula is C18H18ClN3O4. The van der Waals surface area contributed by atoms with E-state index in [9.17, 15) is 14.4 Å². The molecule has 4 aliphatic heterocycles. The van der Waals surface area contributed by atoms with Crippen molar-refractivity contribution in [3.8, 4) is 5.75 Å². The first-order chi connectivity index (χ1) is 12.1. The fourth-order valence-corrected chi connectivity index (χ4v) is 3.92. The SMILES string of the molecule is Cl.O=C1CCC(N2Cc3c(ccc4c3OC3(C=C4)CNC3)C2=O)C(=O)N1. The Bertz CT molecular complexity index is 862. The standard InChI is InChI=1S/C18H17N3O4.ClH/c22-14-4-3-13(16(23)20-14)21-7-12-11(17(21)24)2-1-10-5-6-18(8-19-9-18)25-15(10)12;/h1-2,5-6,13,19H,3-4,7-9H2,(H,20,22,23);1H. The number of benzene rings is 1. The van der Waals surface area contributed by atoms with Gasteiger partial charge in [-0.15, -0.1) is 12.4 Å². The van der Waals surface area contributed by atoms with Gasteiger partial charge in [-0.05, 0) is 18.6 Å². The van der Waals surface area contributed by atoms with E-state index in [0.29, 0.717) is 18.5 Å². The largest absolute Gasteiger partial charge is 0.479 e. The average Bonchev–Trinajstić information content (AvgIpc) is 2.90. The van der Waals surface area contributed by atoms with Crippen LogP contribution < -0.4 is 15.4 Å². The number of hydrogen-bond donors (Lipinski definition) is 2. The van der Waals surface area contributed by atoms with Gasteiger partial charge >= 0.3 is 0 Å². The zero-order valence-corrected chi connectivity index (χ0v) is 14.7. The fourth-order valence-electron chi connectivity index (χ4n) is 3.92. The summed E-state index contributed by atoms with van der Waals surface area (Å²) in [5, 5.41) is 5.54. The summed E-state index contributed by atoms with van der Waals surface area (Å²) in [6.45, 7) is 1.83. The highest BCUT2D eigenvalue weighted by Gasteiger charge is 2.44. The van der Waals surface area contributed by atoms with Crippen LogP contribution in [0, 0.1) is 0 Å². The third-order valence-electron chi connectivity index (χ3n) is 5.42. The zero-order chi connectivity index (χ0) is 17.2. The highest BCUT2D eigenvalue weighted by atomic mass is 35.5. The normalized spacial score (nSPS) is 25.0. The van der Waals surface area contributed by atoms with Crippen LogP contribution in [-0.4, -0.2) is 47.4 Å². The molecule has 3 amide bonds. The highest BCUT2D eigenvalue weighted by molar-refractivity contribution is 6.06. The van der Waals surface area contributed by atoms with Crippen molar-refractivity contribution in [3.63, 3.8) is 0 Å². The number of nitrogens with one attached hydrogen (secondary N) is 2. The molecule has 8 heteroatoms. The molecule has 2 fully saturated rings. The molecule has 26 heavy (non-hydrogen) atoms. The van der Waals surface area contributed by atoms with Crippen molar-refractivity contribution in [1.82, 2.24) is 15.5 Å². The van der Waals surface area contributed by atoms with Crippen LogP contribution in [-0.2, 0) is 16.1 Å². The molecule has 136 valence electrons. The summed E-state index contributed by atoms with van der Waals surface area (Å²) in [5.74, 6) is -0.113. The molecule has 1 spiro atoms. The Morgan fingerprint density at radius 1 is 1.19 bits per heavy atom. The van der Waals surface area contributed by atoms with Crippen molar-refractivity contribution in [2.75, 3.05) is 13.1 Å². The average molecular weight is 376 g/mol. The maximum absolute atomic E-state index is 12.8. The van der Waals surface area contributed by atoms with Gasteiger partial charge < -0.3 is 15.0 Å². The first-order valence-electron chi connectivity index (χ1n) is 8.46. The van der Waals surface area contributed by atoms with Crippen molar-refractivity contribution in [2.45, 2.75) is 31.0 Å². The molecule has 0 radical (unpaired) electrons. The molecule has 2 N–H and O–H groups in total. The van der Waals surface area contributed by atoms with Crippen molar-refractivity contribution < 1.29 is 19.1 Å². The van der Waals surface area contributed by atoms with Crippen LogP contribution in [0.1, 0.15) is 34.3 Å². The van der Waals surface area contributed by atoms with E-state index in [0.717, 1.165) is 30.0 Å². The number of fused-ring (bicyclic) bond motifs is 3. The molecule has 5 rings (SSSR count). The number of carbonyl (C=O) groups is 3. The summed E-state index contributed by atoms with van der Waals surface area (Å²) in [4.78, 5) is 37.9. The summed E-state index contributed by atoms with van der Waals surface area (Å²) in [6, 6.07) is 3.08. The van der Waals surface area contributed by atoms with Gasteiger partial charge in [0.2, 0.25) is 11.8 Å². The molecule has 1 aromatic carbocycles. The van der Waals surface area contributed by atoms with Gasteiger partial charge in [-0.2, -0.15) is 0 Å². The molecule has 0 bridgehead atoms. The lowest BCUT2D eigenvalue weighted by atomic mass is 9.91. The van der Waals surface area contributed by atoms with Crippen molar-refractivity contribution >= 4 is 36.2 Å². The third-order valence-corrected chi connectivity index (χ3v) is 5.42. The second-order valence-corrected chi connectivity index (χ2v) is 7.01. The first kappa shape index (κ1) is 17.1. The second kappa shape index (κ2) is 5.82. The molecule has 2 saturated heterocycles. The lowest BCUT2D eigenvalue weighted by molar-refractivity contribution is -0.136. The number of ether oxygens (including phenoxy) is 1. The van der Waals surface area contributed by atoms with Gasteiger partial charge in [-0.3, -0.25) is 19.7 Å². The van der Waals surface area contributed by atoms with E-state index < -0.39 is 11.9 Å². The van der Waals surface area contributed by atoms with Crippen molar-refractivity contribution in [1.29, 1.82) is 0 Å². The Labute approximate surface area is 156 Å². The van der Waals surface area contributed by atoms with Crippen LogP contribution in [0.25, 0.3) is 6.08 Å². The molecule has 0 aromatic heterocycles. The molecule has 1 unspecified atom stereocenters. The molecule has 0 aliphatic carbocycles. The fraction of sp³-hybridized carbons (Fsp3) is 0.389. The summed E-state index contributed by atoms with van der Waals surface area (Å²) in [6.07, 6.45) is 4.72. The van der Waals surface area contributed by atoms with E-state index in [1.165, 1.54) is 0 Å². The summed E-state index contributed by atoms with van der Waals surface area (Å²) < 4.78 is 6.24. The van der Waals surface area contributed by atoms with Crippen LogP contribution in [0.2, 0.25) is 0 Å². The number of carbonyl (C=O) groups excluding carboxylic acids is 3. The van der Waals surface area contributed by atoms with Gasteiger partial charge in [-0.1, -0.05) is 12.1 Å². The minimum Gasteiger partial charge on any atom is -0.479 e. The number of imide groups is 1. The van der Waals surface area contributed by atoms with Gasteiger partial charge in [0.25, 0.3) is 5.91 Å². The van der Waals surface area contributed by atoms with Gasteiger partial charge in [0, 0.05) is 36.2 Å². The number of hydrogen-bond acceptors (Lipinski definition) is 5. The van der Waals surface area contributed by atoms with E-state index in [1.807, 2.05) is 12.1 Å². The Morgan fingerprint density at radius 3 is 2.69 bits per heavy atom.